The summed E-state index contributed by atoms with van der Waals surface area (Å²) in [7, 11) is 0. The number of aromatic nitrogens is 12. The first-order chi connectivity index (χ1) is 23.5. The van der Waals surface area contributed by atoms with Crippen molar-refractivity contribution in [1.29, 1.82) is 0 Å². The maximum atomic E-state index is 12.1. The van der Waals surface area contributed by atoms with Crippen LogP contribution in [0.1, 0.15) is 20.7 Å². The predicted molar refractivity (Wildman–Crippen MR) is 174 cm³/mol. The zero-order valence-electron chi connectivity index (χ0n) is 24.9. The van der Waals surface area contributed by atoms with E-state index in [-0.39, 0.29) is 0 Å². The first kappa shape index (κ1) is 28.4. The zero-order chi connectivity index (χ0) is 32.8. The number of primary amides is 2. The Bertz CT molecular complexity index is 2300. The minimum Gasteiger partial charge on any atom is -0.366 e. The van der Waals surface area contributed by atoms with E-state index in [2.05, 4.69) is 50.4 Å². The van der Waals surface area contributed by atoms with Crippen molar-refractivity contribution in [3.8, 4) is 45.6 Å². The number of aromatic amines is 2. The third kappa shape index (κ3) is 4.80. The van der Waals surface area contributed by atoms with Gasteiger partial charge in [-0.2, -0.15) is 10.4 Å². The van der Waals surface area contributed by atoms with Crippen LogP contribution in [0.4, 0.5) is 0 Å². The SMILES string of the molecule is NC(=O)c1ccc2c(c1)nc(-c1ccccc1-c1nn[nH]n1)n2CCn1c(-c2ccccc2-c2nn[nH]n2)nc2cc(C(N)=O)ccc21. The molecule has 48 heavy (non-hydrogen) atoms. The highest BCUT2D eigenvalue weighted by Gasteiger charge is 2.22. The fourth-order valence-electron chi connectivity index (χ4n) is 5.93. The quantitative estimate of drug-likeness (QED) is 0.181. The first-order valence-corrected chi connectivity index (χ1v) is 14.7. The van der Waals surface area contributed by atoms with Crippen molar-refractivity contribution < 1.29 is 9.59 Å². The summed E-state index contributed by atoms with van der Waals surface area (Å²) in [6, 6.07) is 25.6. The molecule has 0 saturated carbocycles. The topological polar surface area (TPSA) is 231 Å². The first-order valence-electron chi connectivity index (χ1n) is 14.7. The lowest BCUT2D eigenvalue weighted by atomic mass is 10.1. The van der Waals surface area contributed by atoms with E-state index in [9.17, 15) is 9.59 Å². The number of nitrogens with zero attached hydrogens (tertiary/aromatic N) is 10. The number of benzene rings is 4. The summed E-state index contributed by atoms with van der Waals surface area (Å²) in [6.45, 7) is 0.839. The summed E-state index contributed by atoms with van der Waals surface area (Å²) in [5.74, 6) is 0.972. The van der Waals surface area contributed by atoms with Gasteiger partial charge in [0.1, 0.15) is 11.6 Å². The number of H-pyrrole nitrogens is 2. The molecule has 0 aliphatic heterocycles. The van der Waals surface area contributed by atoms with Crippen LogP contribution >= 0.6 is 0 Å². The average molecular weight is 637 g/mol. The predicted octanol–water partition coefficient (Wildman–Crippen LogP) is 2.98. The summed E-state index contributed by atoms with van der Waals surface area (Å²) >= 11 is 0. The molecule has 4 heterocycles. The maximum absolute atomic E-state index is 12.1. The molecule has 0 spiro atoms. The number of carbonyl (C=O) groups is 2. The Balaban J connectivity index is 1.31. The van der Waals surface area contributed by atoms with Gasteiger partial charge in [-0.25, -0.2) is 9.97 Å². The third-order valence-electron chi connectivity index (χ3n) is 8.12. The number of nitrogens with one attached hydrogen (secondary N) is 2. The fourth-order valence-corrected chi connectivity index (χ4v) is 5.93. The standard InChI is InChI=1S/C32H24N14O2/c33-27(47)17-9-11-25-23(15-17)35-31(21-7-3-1-5-19(21)29-37-41-42-38-29)45(25)13-14-46-26-12-10-18(28(34)48)16-24(26)36-32(46)22-8-4-2-6-20(22)30-39-43-44-40-30/h1-12,15-16H,13-14H2,(H2,33,47)(H2,34,48)(H,37,38,41,42)(H,39,40,43,44). The molecule has 6 N–H and O–H groups in total. The van der Waals surface area contributed by atoms with Crippen LogP contribution in [-0.2, 0) is 13.1 Å². The second kappa shape index (κ2) is 11.4. The van der Waals surface area contributed by atoms with Crippen LogP contribution in [0, 0.1) is 0 Å². The van der Waals surface area contributed by atoms with E-state index >= 15 is 0 Å². The molecule has 0 bridgehead atoms. The van der Waals surface area contributed by atoms with E-state index < -0.39 is 11.8 Å². The molecule has 0 aliphatic rings. The van der Waals surface area contributed by atoms with Crippen LogP contribution in [0.3, 0.4) is 0 Å². The molecule has 0 unspecified atom stereocenters. The number of fused-ring (bicyclic) bond motifs is 2. The van der Waals surface area contributed by atoms with Crippen LogP contribution in [0.25, 0.3) is 67.6 Å². The summed E-state index contributed by atoms with van der Waals surface area (Å²) in [6.07, 6.45) is 0. The number of aryl methyl sites for hydroxylation is 2. The normalized spacial score (nSPS) is 11.4. The number of rotatable bonds is 9. The largest absolute Gasteiger partial charge is 0.366 e. The van der Waals surface area contributed by atoms with Crippen molar-refractivity contribution in [2.45, 2.75) is 13.1 Å². The number of hydrogen-bond acceptors (Lipinski definition) is 10. The molecule has 4 aromatic heterocycles. The molecule has 8 rings (SSSR count). The van der Waals surface area contributed by atoms with Gasteiger partial charge in [-0.1, -0.05) is 48.5 Å². The highest BCUT2D eigenvalue weighted by Crippen LogP contribution is 2.35. The van der Waals surface area contributed by atoms with Gasteiger partial charge >= 0.3 is 0 Å². The lowest BCUT2D eigenvalue weighted by molar-refractivity contribution is 0.0992. The van der Waals surface area contributed by atoms with Crippen LogP contribution < -0.4 is 11.5 Å². The molecule has 0 fully saturated rings. The minimum atomic E-state index is -0.551. The second-order valence-electron chi connectivity index (χ2n) is 10.9. The number of tetrazole rings is 2. The summed E-state index contributed by atoms with van der Waals surface area (Å²) < 4.78 is 4.13. The smallest absolute Gasteiger partial charge is 0.248 e. The Hall–Kier alpha value is -7.10. The average Bonchev–Trinajstić information content (AvgIpc) is 3.93. The van der Waals surface area contributed by atoms with Crippen LogP contribution in [0.5, 0.6) is 0 Å². The van der Waals surface area contributed by atoms with E-state index in [1.165, 1.54) is 0 Å². The number of nitrogens with two attached hydrogens (primary N) is 2. The molecule has 234 valence electrons. The molecular weight excluding hydrogens is 612 g/mol. The molecule has 8 aromatic rings. The lowest BCUT2D eigenvalue weighted by Crippen LogP contribution is -2.12. The Morgan fingerprint density at radius 1 is 0.583 bits per heavy atom. The van der Waals surface area contributed by atoms with Crippen molar-refractivity contribution in [3.63, 3.8) is 0 Å². The molecule has 16 heteroatoms. The molecule has 0 radical (unpaired) electrons. The van der Waals surface area contributed by atoms with E-state index in [0.29, 0.717) is 58.5 Å². The third-order valence-corrected chi connectivity index (χ3v) is 8.12. The van der Waals surface area contributed by atoms with Crippen molar-refractivity contribution >= 4 is 33.9 Å². The fraction of sp³-hybridized carbons (Fsp3) is 0.0625. The lowest BCUT2D eigenvalue weighted by Gasteiger charge is -2.15. The summed E-state index contributed by atoms with van der Waals surface area (Å²) in [5, 5.41) is 29.3. The van der Waals surface area contributed by atoms with Crippen LogP contribution in [0.2, 0.25) is 0 Å². The molecular formula is C32H24N14O2. The maximum Gasteiger partial charge on any atom is 0.248 e. The van der Waals surface area contributed by atoms with E-state index in [0.717, 1.165) is 33.3 Å². The van der Waals surface area contributed by atoms with Gasteiger partial charge in [-0.3, -0.25) is 9.59 Å². The zero-order valence-corrected chi connectivity index (χ0v) is 24.9. The Labute approximate surface area is 269 Å². The van der Waals surface area contributed by atoms with Crippen LogP contribution in [-0.4, -0.2) is 72.2 Å². The van der Waals surface area contributed by atoms with Crippen molar-refractivity contribution in [2.24, 2.45) is 11.5 Å². The van der Waals surface area contributed by atoms with Crippen molar-refractivity contribution in [2.75, 3.05) is 0 Å². The summed E-state index contributed by atoms with van der Waals surface area (Å²) in [4.78, 5) is 34.1. The van der Waals surface area contributed by atoms with Gasteiger partial charge in [0.25, 0.3) is 0 Å². The molecule has 4 aromatic carbocycles. The van der Waals surface area contributed by atoms with E-state index in [1.54, 1.807) is 24.3 Å². The van der Waals surface area contributed by atoms with E-state index in [4.69, 9.17) is 21.4 Å². The number of hydrogen-bond donors (Lipinski definition) is 4. The van der Waals surface area contributed by atoms with Crippen LogP contribution in [0.15, 0.2) is 84.9 Å². The summed E-state index contributed by atoms with van der Waals surface area (Å²) in [5.41, 5.74) is 17.6. The number of carbonyl (C=O) groups excluding carboxylic acids is 2. The molecule has 2 amide bonds. The molecule has 16 nitrogen and oxygen atoms in total. The van der Waals surface area contributed by atoms with Gasteiger partial charge < -0.3 is 20.6 Å². The highest BCUT2D eigenvalue weighted by molar-refractivity contribution is 5.98. The minimum absolute atomic E-state index is 0.344. The van der Waals surface area contributed by atoms with Gasteiger partial charge in [0.05, 0.1) is 22.1 Å². The van der Waals surface area contributed by atoms with E-state index in [1.807, 2.05) is 60.7 Å². The Morgan fingerprint density at radius 2 is 1.00 bits per heavy atom. The van der Waals surface area contributed by atoms with Gasteiger partial charge in [0.2, 0.25) is 23.5 Å². The number of amides is 2. The van der Waals surface area contributed by atoms with Gasteiger partial charge in [-0.15, -0.1) is 20.4 Å². The molecule has 0 atom stereocenters. The van der Waals surface area contributed by atoms with Gasteiger partial charge in [0, 0.05) is 46.5 Å². The molecule has 0 aliphatic carbocycles. The van der Waals surface area contributed by atoms with Crippen molar-refractivity contribution in [3.05, 3.63) is 96.1 Å². The van der Waals surface area contributed by atoms with Crippen molar-refractivity contribution in [1.82, 2.24) is 60.4 Å². The second-order valence-corrected chi connectivity index (χ2v) is 10.9. The number of imidazole rings is 2. The monoisotopic (exact) mass is 636 g/mol. The molecule has 0 saturated heterocycles. The van der Waals surface area contributed by atoms with Gasteiger partial charge in [0.15, 0.2) is 0 Å². The Kier molecular flexibility index (Phi) is 6.72. The Morgan fingerprint density at radius 3 is 1.38 bits per heavy atom. The highest BCUT2D eigenvalue weighted by atomic mass is 16.1. The van der Waals surface area contributed by atoms with Gasteiger partial charge in [-0.05, 0) is 46.8 Å².